The summed E-state index contributed by atoms with van der Waals surface area (Å²) < 4.78 is 28.9. The molecule has 0 radical (unpaired) electrons. The molecule has 204 valence electrons. The maximum Gasteiger partial charge on any atom is 0.242 e. The highest BCUT2D eigenvalue weighted by molar-refractivity contribution is 7.89. The van der Waals surface area contributed by atoms with E-state index in [0.29, 0.717) is 19.4 Å². The molecule has 0 spiro atoms. The van der Waals surface area contributed by atoms with Crippen molar-refractivity contribution in [3.63, 3.8) is 0 Å². The molecule has 38 heavy (non-hydrogen) atoms. The van der Waals surface area contributed by atoms with Gasteiger partial charge < -0.3 is 14.7 Å². The van der Waals surface area contributed by atoms with Gasteiger partial charge in [0.05, 0.1) is 11.4 Å². The Balaban J connectivity index is 1.21. The number of benzene rings is 2. The van der Waals surface area contributed by atoms with Crippen LogP contribution < -0.4 is 4.72 Å². The van der Waals surface area contributed by atoms with Gasteiger partial charge in [-0.25, -0.2) is 8.42 Å². The molecule has 3 aliphatic heterocycles. The van der Waals surface area contributed by atoms with Crippen molar-refractivity contribution in [1.82, 2.24) is 19.4 Å². The lowest BCUT2D eigenvalue weighted by Crippen LogP contribution is -2.55. The van der Waals surface area contributed by atoms with Crippen LogP contribution in [0.4, 0.5) is 0 Å². The van der Waals surface area contributed by atoms with Crippen LogP contribution in [0.2, 0.25) is 0 Å². The van der Waals surface area contributed by atoms with Crippen LogP contribution in [0.25, 0.3) is 11.1 Å². The number of rotatable bonds is 8. The molecule has 3 aliphatic rings. The van der Waals surface area contributed by atoms with Gasteiger partial charge in [0.15, 0.2) is 0 Å². The van der Waals surface area contributed by atoms with Crippen molar-refractivity contribution >= 4 is 21.8 Å². The van der Waals surface area contributed by atoms with Crippen molar-refractivity contribution in [2.75, 3.05) is 39.3 Å². The fourth-order valence-electron chi connectivity index (χ4n) is 6.04. The largest absolute Gasteiger partial charge is 0.337 e. The number of carbonyl (C=O) groups excluding carboxylic acids is 2. The van der Waals surface area contributed by atoms with Crippen molar-refractivity contribution in [1.29, 1.82) is 0 Å². The first-order valence-electron chi connectivity index (χ1n) is 13.8. The van der Waals surface area contributed by atoms with Crippen LogP contribution in [0, 0.1) is 6.92 Å². The number of piperidine rings is 1. The van der Waals surface area contributed by atoms with E-state index >= 15 is 0 Å². The zero-order valence-corrected chi connectivity index (χ0v) is 23.0. The molecule has 1 N–H and O–H groups in total. The Labute approximate surface area is 226 Å². The second-order valence-corrected chi connectivity index (χ2v) is 12.5. The third-order valence-electron chi connectivity index (χ3n) is 8.14. The van der Waals surface area contributed by atoms with Crippen LogP contribution in [-0.2, 0) is 19.6 Å². The van der Waals surface area contributed by atoms with E-state index < -0.39 is 16.1 Å². The fraction of sp³-hybridized carbons (Fsp3) is 0.517. The molecule has 3 saturated heterocycles. The molecule has 0 unspecified atom stereocenters. The lowest BCUT2D eigenvalue weighted by Gasteiger charge is -2.34. The molecular formula is C29H38N4O4S. The molecular weight excluding hydrogens is 500 g/mol. The Bertz CT molecular complexity index is 1260. The minimum atomic E-state index is -3.89. The molecule has 0 aromatic heterocycles. The maximum atomic E-state index is 13.2. The molecule has 2 aromatic carbocycles. The predicted octanol–water partition coefficient (Wildman–Crippen LogP) is 3.02. The van der Waals surface area contributed by atoms with Crippen molar-refractivity contribution in [2.24, 2.45) is 0 Å². The van der Waals surface area contributed by atoms with Crippen LogP contribution in [0.15, 0.2) is 53.4 Å². The van der Waals surface area contributed by atoms with Gasteiger partial charge in [0, 0.05) is 25.7 Å². The summed E-state index contributed by atoms with van der Waals surface area (Å²) in [5.74, 6) is -0.352. The van der Waals surface area contributed by atoms with Crippen molar-refractivity contribution in [3.8, 4) is 11.1 Å². The van der Waals surface area contributed by atoms with Crippen LogP contribution >= 0.6 is 0 Å². The first-order chi connectivity index (χ1) is 18.3. The predicted molar refractivity (Wildman–Crippen MR) is 147 cm³/mol. The van der Waals surface area contributed by atoms with E-state index in [0.717, 1.165) is 55.7 Å². The summed E-state index contributed by atoms with van der Waals surface area (Å²) in [6.07, 6.45) is 5.50. The fourth-order valence-corrected chi connectivity index (χ4v) is 7.27. The summed E-state index contributed by atoms with van der Waals surface area (Å²) >= 11 is 0. The molecule has 3 fully saturated rings. The number of hydrogen-bond acceptors (Lipinski definition) is 5. The van der Waals surface area contributed by atoms with Gasteiger partial charge in [-0.2, -0.15) is 4.72 Å². The normalized spacial score (nSPS) is 22.8. The monoisotopic (exact) mass is 538 g/mol. The second-order valence-electron chi connectivity index (χ2n) is 10.8. The highest BCUT2D eigenvalue weighted by Gasteiger charge is 2.36. The number of sulfonamides is 1. The molecule has 0 bridgehead atoms. The van der Waals surface area contributed by atoms with Gasteiger partial charge in [0.1, 0.15) is 6.04 Å². The zero-order chi connectivity index (χ0) is 26.7. The molecule has 2 aromatic rings. The summed E-state index contributed by atoms with van der Waals surface area (Å²) in [6, 6.07) is 14.0. The molecule has 2 amide bonds. The number of aryl methyl sites for hydroxylation is 1. The third kappa shape index (κ3) is 5.95. The summed E-state index contributed by atoms with van der Waals surface area (Å²) in [4.78, 5) is 32.5. The number of hydrogen-bond donors (Lipinski definition) is 1. The quantitative estimate of drug-likeness (QED) is 0.558. The van der Waals surface area contributed by atoms with Gasteiger partial charge in [-0.1, -0.05) is 36.4 Å². The third-order valence-corrected chi connectivity index (χ3v) is 9.63. The number of amides is 2. The van der Waals surface area contributed by atoms with Gasteiger partial charge in [-0.05, 0) is 87.4 Å². The molecule has 5 rings (SSSR count). The number of carbonyl (C=O) groups is 2. The number of nitrogens with one attached hydrogen (secondary N) is 1. The van der Waals surface area contributed by atoms with Gasteiger partial charge in [-0.15, -0.1) is 0 Å². The number of nitrogens with zero attached hydrogens (tertiary/aromatic N) is 3. The molecule has 2 atom stereocenters. The van der Waals surface area contributed by atoms with E-state index in [1.807, 2.05) is 36.1 Å². The van der Waals surface area contributed by atoms with E-state index in [4.69, 9.17) is 0 Å². The van der Waals surface area contributed by atoms with E-state index in [-0.39, 0.29) is 29.3 Å². The summed E-state index contributed by atoms with van der Waals surface area (Å²) in [5.41, 5.74) is 3.10. The van der Waals surface area contributed by atoms with Gasteiger partial charge in [0.25, 0.3) is 0 Å². The van der Waals surface area contributed by atoms with E-state index in [1.165, 1.54) is 17.7 Å². The maximum absolute atomic E-state index is 13.2. The van der Waals surface area contributed by atoms with E-state index in [1.54, 1.807) is 24.3 Å². The zero-order valence-electron chi connectivity index (χ0n) is 22.1. The van der Waals surface area contributed by atoms with Gasteiger partial charge in [0.2, 0.25) is 21.8 Å². The minimum absolute atomic E-state index is 0.0126. The lowest BCUT2D eigenvalue weighted by atomic mass is 10.0. The van der Waals surface area contributed by atoms with Crippen LogP contribution in [0.5, 0.6) is 0 Å². The van der Waals surface area contributed by atoms with E-state index in [9.17, 15) is 18.0 Å². The van der Waals surface area contributed by atoms with Crippen LogP contribution in [0.1, 0.15) is 44.1 Å². The van der Waals surface area contributed by atoms with Gasteiger partial charge >= 0.3 is 0 Å². The van der Waals surface area contributed by atoms with Crippen molar-refractivity contribution in [2.45, 2.75) is 62.4 Å². The minimum Gasteiger partial charge on any atom is -0.337 e. The molecule has 3 heterocycles. The molecule has 8 nitrogen and oxygen atoms in total. The van der Waals surface area contributed by atoms with Crippen LogP contribution in [-0.4, -0.2) is 86.3 Å². The standard InChI is InChI=1S/C29H38N4O4S/c1-22-8-2-3-10-26(22)23-12-14-25(15-13-23)38(36,37)30-27-11-7-18-32(29(27)35)21-28(34)33-19-6-9-24(33)20-31-16-4-5-17-31/h2-3,8,10,12-15,24,27,30H,4-7,9,11,16-21H2,1H3/t24-,27-/m0/s1. The Morgan fingerprint density at radius 1 is 0.921 bits per heavy atom. The Morgan fingerprint density at radius 2 is 1.63 bits per heavy atom. The van der Waals surface area contributed by atoms with Gasteiger partial charge in [-0.3, -0.25) is 9.59 Å². The molecule has 9 heteroatoms. The summed E-state index contributed by atoms with van der Waals surface area (Å²) in [7, 11) is -3.89. The topological polar surface area (TPSA) is 90.0 Å². The number of likely N-dealkylation sites (tertiary alicyclic amines) is 3. The van der Waals surface area contributed by atoms with Crippen molar-refractivity contribution in [3.05, 3.63) is 54.1 Å². The lowest BCUT2D eigenvalue weighted by molar-refractivity contribution is -0.143. The van der Waals surface area contributed by atoms with Crippen LogP contribution in [0.3, 0.4) is 0 Å². The summed E-state index contributed by atoms with van der Waals surface area (Å²) in [6.45, 7) is 6.33. The first kappa shape index (κ1) is 26.8. The SMILES string of the molecule is Cc1ccccc1-c1ccc(S(=O)(=O)N[C@H]2CCCN(CC(=O)N3CCC[C@H]3CN3CCCC3)C2=O)cc1. The average molecular weight is 539 g/mol. The smallest absolute Gasteiger partial charge is 0.242 e. The highest BCUT2D eigenvalue weighted by atomic mass is 32.2. The molecule has 0 aliphatic carbocycles. The summed E-state index contributed by atoms with van der Waals surface area (Å²) in [5, 5.41) is 0. The molecule has 0 saturated carbocycles. The van der Waals surface area contributed by atoms with E-state index in [2.05, 4.69) is 9.62 Å². The van der Waals surface area contributed by atoms with Crippen molar-refractivity contribution < 1.29 is 18.0 Å². The Hall–Kier alpha value is -2.75. The Morgan fingerprint density at radius 3 is 2.37 bits per heavy atom. The first-order valence-corrected chi connectivity index (χ1v) is 15.3. The highest BCUT2D eigenvalue weighted by Crippen LogP contribution is 2.25. The Kier molecular flexibility index (Phi) is 8.16. The average Bonchev–Trinajstić information content (AvgIpc) is 3.59. The second kappa shape index (κ2) is 11.6.